The van der Waals surface area contributed by atoms with Crippen LogP contribution in [0.15, 0.2) is 24.3 Å². The molecule has 1 aliphatic rings. The Balaban J connectivity index is 2.30. The lowest BCUT2D eigenvalue weighted by molar-refractivity contribution is -0.124. The van der Waals surface area contributed by atoms with Gasteiger partial charge in [-0.3, -0.25) is 9.69 Å². The zero-order valence-electron chi connectivity index (χ0n) is 10.9. The van der Waals surface area contributed by atoms with Crippen molar-refractivity contribution >= 4 is 5.78 Å². The van der Waals surface area contributed by atoms with Gasteiger partial charge in [0.1, 0.15) is 5.82 Å². The molecule has 3 heteroatoms. The summed E-state index contributed by atoms with van der Waals surface area (Å²) in [5, 5.41) is 0. The SMILES string of the molecule is CCC(=O)C(c1ccccc1F)N1CCCCC1. The highest BCUT2D eigenvalue weighted by Gasteiger charge is 2.29. The Hall–Kier alpha value is -1.22. The van der Waals surface area contributed by atoms with Gasteiger partial charge in [-0.15, -0.1) is 0 Å². The highest BCUT2D eigenvalue weighted by molar-refractivity contribution is 5.85. The molecule has 1 fully saturated rings. The number of nitrogens with zero attached hydrogens (tertiary/aromatic N) is 1. The number of carbonyl (C=O) groups excluding carboxylic acids is 1. The van der Waals surface area contributed by atoms with Crippen molar-refractivity contribution in [3.05, 3.63) is 35.6 Å². The fraction of sp³-hybridized carbons (Fsp3) is 0.533. The normalized spacial score (nSPS) is 18.6. The molecular formula is C15H20FNO. The highest BCUT2D eigenvalue weighted by Crippen LogP contribution is 2.28. The van der Waals surface area contributed by atoms with Crippen LogP contribution < -0.4 is 0 Å². The molecular weight excluding hydrogens is 229 g/mol. The van der Waals surface area contributed by atoms with Crippen molar-refractivity contribution in [1.82, 2.24) is 4.90 Å². The summed E-state index contributed by atoms with van der Waals surface area (Å²) in [6.07, 6.45) is 3.86. The Labute approximate surface area is 108 Å². The van der Waals surface area contributed by atoms with E-state index in [1.54, 1.807) is 18.2 Å². The Bertz CT molecular complexity index is 413. The van der Waals surface area contributed by atoms with E-state index in [0.717, 1.165) is 25.9 Å². The number of piperidine rings is 1. The minimum absolute atomic E-state index is 0.113. The molecule has 1 atom stereocenters. The molecule has 1 aromatic carbocycles. The highest BCUT2D eigenvalue weighted by atomic mass is 19.1. The van der Waals surface area contributed by atoms with Crippen molar-refractivity contribution in [2.75, 3.05) is 13.1 Å². The van der Waals surface area contributed by atoms with Crippen LogP contribution in [0.25, 0.3) is 0 Å². The molecule has 18 heavy (non-hydrogen) atoms. The second-order valence-corrected chi connectivity index (χ2v) is 4.84. The standard InChI is InChI=1S/C15H20FNO/c1-2-14(18)15(17-10-6-3-7-11-17)12-8-4-5-9-13(12)16/h4-5,8-9,15H,2-3,6-7,10-11H2,1H3. The van der Waals surface area contributed by atoms with Crippen molar-refractivity contribution in [2.24, 2.45) is 0 Å². The van der Waals surface area contributed by atoms with Crippen molar-refractivity contribution in [1.29, 1.82) is 0 Å². The Morgan fingerprint density at radius 3 is 2.56 bits per heavy atom. The van der Waals surface area contributed by atoms with Crippen LogP contribution in [0.3, 0.4) is 0 Å². The first kappa shape index (κ1) is 13.2. The molecule has 0 N–H and O–H groups in total. The monoisotopic (exact) mass is 249 g/mol. The van der Waals surface area contributed by atoms with Crippen LogP contribution in [0.4, 0.5) is 4.39 Å². The molecule has 1 aliphatic heterocycles. The van der Waals surface area contributed by atoms with Gasteiger partial charge in [-0.05, 0) is 32.0 Å². The average molecular weight is 249 g/mol. The molecule has 0 aromatic heterocycles. The number of carbonyl (C=O) groups is 1. The summed E-state index contributed by atoms with van der Waals surface area (Å²) < 4.78 is 13.9. The van der Waals surface area contributed by atoms with Gasteiger partial charge >= 0.3 is 0 Å². The maximum absolute atomic E-state index is 13.9. The third kappa shape index (κ3) is 2.78. The van der Waals surface area contributed by atoms with E-state index in [4.69, 9.17) is 0 Å². The molecule has 0 spiro atoms. The molecule has 0 amide bonds. The van der Waals surface area contributed by atoms with E-state index in [9.17, 15) is 9.18 Å². The number of benzene rings is 1. The van der Waals surface area contributed by atoms with Crippen molar-refractivity contribution in [3.8, 4) is 0 Å². The molecule has 2 rings (SSSR count). The van der Waals surface area contributed by atoms with E-state index >= 15 is 0 Å². The van der Waals surface area contributed by atoms with Crippen LogP contribution in [0.5, 0.6) is 0 Å². The first-order valence-corrected chi connectivity index (χ1v) is 6.75. The fourth-order valence-electron chi connectivity index (χ4n) is 2.64. The van der Waals surface area contributed by atoms with Crippen LogP contribution in [0.1, 0.15) is 44.2 Å². The minimum Gasteiger partial charge on any atom is -0.298 e. The fourth-order valence-corrected chi connectivity index (χ4v) is 2.64. The second kappa shape index (κ2) is 6.10. The van der Waals surface area contributed by atoms with Crippen LogP contribution in [0.2, 0.25) is 0 Å². The third-order valence-corrected chi connectivity index (χ3v) is 3.61. The van der Waals surface area contributed by atoms with Crippen molar-refractivity contribution in [3.63, 3.8) is 0 Å². The van der Waals surface area contributed by atoms with Gasteiger partial charge in [-0.2, -0.15) is 0 Å². The van der Waals surface area contributed by atoms with Gasteiger partial charge in [-0.1, -0.05) is 31.5 Å². The van der Waals surface area contributed by atoms with Crippen LogP contribution in [-0.2, 0) is 4.79 Å². The van der Waals surface area contributed by atoms with Gasteiger partial charge in [0.05, 0.1) is 6.04 Å². The Morgan fingerprint density at radius 2 is 1.94 bits per heavy atom. The molecule has 98 valence electrons. The van der Waals surface area contributed by atoms with E-state index < -0.39 is 6.04 Å². The van der Waals surface area contributed by atoms with Gasteiger partial charge in [0.25, 0.3) is 0 Å². The van der Waals surface area contributed by atoms with E-state index in [1.165, 1.54) is 12.5 Å². The molecule has 1 saturated heterocycles. The molecule has 1 heterocycles. The lowest BCUT2D eigenvalue weighted by Gasteiger charge is -2.33. The van der Waals surface area contributed by atoms with E-state index in [-0.39, 0.29) is 11.6 Å². The molecule has 1 aromatic rings. The average Bonchev–Trinajstić information content (AvgIpc) is 2.42. The predicted molar refractivity (Wildman–Crippen MR) is 69.9 cm³/mol. The Kier molecular flexibility index (Phi) is 4.48. The van der Waals surface area contributed by atoms with Crippen molar-refractivity contribution in [2.45, 2.75) is 38.6 Å². The number of likely N-dealkylation sites (tertiary alicyclic amines) is 1. The third-order valence-electron chi connectivity index (χ3n) is 3.61. The molecule has 1 unspecified atom stereocenters. The van der Waals surface area contributed by atoms with Gasteiger partial charge < -0.3 is 0 Å². The first-order valence-electron chi connectivity index (χ1n) is 6.75. The number of rotatable bonds is 4. The lowest BCUT2D eigenvalue weighted by atomic mass is 9.96. The summed E-state index contributed by atoms with van der Waals surface area (Å²) in [5.74, 6) is -0.156. The Morgan fingerprint density at radius 1 is 1.28 bits per heavy atom. The zero-order chi connectivity index (χ0) is 13.0. The maximum Gasteiger partial charge on any atom is 0.154 e. The number of halogens is 1. The zero-order valence-corrected chi connectivity index (χ0v) is 10.9. The number of hydrogen-bond acceptors (Lipinski definition) is 2. The summed E-state index contributed by atoms with van der Waals surface area (Å²) in [4.78, 5) is 14.3. The predicted octanol–water partition coefficient (Wildman–Crippen LogP) is 3.33. The molecule has 0 aliphatic carbocycles. The summed E-state index contributed by atoms with van der Waals surface area (Å²) >= 11 is 0. The summed E-state index contributed by atoms with van der Waals surface area (Å²) in [5.41, 5.74) is 0.534. The van der Waals surface area contributed by atoms with Gasteiger partial charge in [0, 0.05) is 12.0 Å². The summed E-state index contributed by atoms with van der Waals surface area (Å²) in [6.45, 7) is 3.63. The van der Waals surface area contributed by atoms with E-state index in [2.05, 4.69) is 4.90 Å². The summed E-state index contributed by atoms with van der Waals surface area (Å²) in [7, 11) is 0. The van der Waals surface area contributed by atoms with Gasteiger partial charge in [0.2, 0.25) is 0 Å². The van der Waals surface area contributed by atoms with Crippen LogP contribution in [-0.4, -0.2) is 23.8 Å². The number of hydrogen-bond donors (Lipinski definition) is 0. The van der Waals surface area contributed by atoms with Gasteiger partial charge in [0.15, 0.2) is 5.78 Å². The van der Waals surface area contributed by atoms with Gasteiger partial charge in [-0.25, -0.2) is 4.39 Å². The maximum atomic E-state index is 13.9. The smallest absolute Gasteiger partial charge is 0.154 e. The number of Topliss-reactive ketones (excluding diaryl/α,β-unsaturated/α-hetero) is 1. The largest absolute Gasteiger partial charge is 0.298 e. The van der Waals surface area contributed by atoms with Crippen LogP contribution in [0, 0.1) is 5.82 Å². The number of ketones is 1. The van der Waals surface area contributed by atoms with E-state index in [1.807, 2.05) is 6.92 Å². The van der Waals surface area contributed by atoms with Crippen molar-refractivity contribution < 1.29 is 9.18 Å². The molecule has 2 nitrogen and oxygen atoms in total. The quantitative estimate of drug-likeness (QED) is 0.815. The molecule has 0 bridgehead atoms. The topological polar surface area (TPSA) is 20.3 Å². The lowest BCUT2D eigenvalue weighted by Crippen LogP contribution is -2.38. The molecule has 0 radical (unpaired) electrons. The summed E-state index contributed by atoms with van der Waals surface area (Å²) in [6, 6.07) is 6.26. The first-order chi connectivity index (χ1) is 8.74. The minimum atomic E-state index is -0.392. The van der Waals surface area contributed by atoms with Crippen LogP contribution >= 0.6 is 0 Å². The molecule has 0 saturated carbocycles. The van der Waals surface area contributed by atoms with E-state index in [0.29, 0.717) is 12.0 Å². The second-order valence-electron chi connectivity index (χ2n) is 4.84.